The van der Waals surface area contributed by atoms with Crippen molar-refractivity contribution in [1.82, 2.24) is 9.88 Å². The molecule has 1 aromatic heterocycles. The monoisotopic (exact) mass is 267 g/mol. The first-order valence-corrected chi connectivity index (χ1v) is 7.13. The van der Waals surface area contributed by atoms with E-state index in [0.29, 0.717) is 17.0 Å². The Labute approximate surface area is 110 Å². The molecule has 2 unspecified atom stereocenters. The smallest absolute Gasteiger partial charge is 0.347 e. The lowest BCUT2D eigenvalue weighted by molar-refractivity contribution is 0.0702. The summed E-state index contributed by atoms with van der Waals surface area (Å²) in [5.41, 5.74) is 0. The van der Waals surface area contributed by atoms with Gasteiger partial charge in [-0.1, -0.05) is 11.3 Å². The highest BCUT2D eigenvalue weighted by Crippen LogP contribution is 2.32. The highest BCUT2D eigenvalue weighted by atomic mass is 32.1. The number of carboxylic acid groups (broad SMARTS) is 1. The largest absolute Gasteiger partial charge is 0.477 e. The van der Waals surface area contributed by atoms with Gasteiger partial charge in [-0.15, -0.1) is 0 Å². The molecule has 3 rings (SSSR count). The number of hydrogen-bond acceptors (Lipinski definition) is 5. The predicted molar refractivity (Wildman–Crippen MR) is 70.5 cm³/mol. The summed E-state index contributed by atoms with van der Waals surface area (Å²) in [4.78, 5) is 20.2. The van der Waals surface area contributed by atoms with Crippen molar-refractivity contribution in [2.75, 3.05) is 25.0 Å². The standard InChI is InChI=1S/C12H17N3O2S/c1-14-8-2-3-9(14)7-15(5-4-8)12-13-6-10(18-12)11(16)17/h6,8-9H,2-5,7H2,1H3,(H,16,17). The van der Waals surface area contributed by atoms with E-state index >= 15 is 0 Å². The van der Waals surface area contributed by atoms with Crippen LogP contribution in [0.4, 0.5) is 5.13 Å². The number of nitrogens with zero attached hydrogens (tertiary/aromatic N) is 3. The second kappa shape index (κ2) is 4.51. The minimum atomic E-state index is -0.882. The number of carbonyl (C=O) groups is 1. The lowest BCUT2D eigenvalue weighted by Crippen LogP contribution is -2.36. The molecule has 2 aliphatic rings. The molecule has 2 fully saturated rings. The minimum Gasteiger partial charge on any atom is -0.477 e. The molecule has 2 atom stereocenters. The summed E-state index contributed by atoms with van der Waals surface area (Å²) in [6, 6.07) is 1.29. The zero-order chi connectivity index (χ0) is 12.7. The molecule has 0 radical (unpaired) electrons. The number of hydrogen-bond donors (Lipinski definition) is 1. The second-order valence-corrected chi connectivity index (χ2v) is 6.11. The number of carboxylic acids is 1. The third-order valence-electron chi connectivity index (χ3n) is 4.12. The summed E-state index contributed by atoms with van der Waals surface area (Å²) >= 11 is 1.28. The van der Waals surface area contributed by atoms with E-state index in [9.17, 15) is 4.79 Å². The van der Waals surface area contributed by atoms with E-state index in [1.54, 1.807) is 0 Å². The third kappa shape index (κ3) is 1.99. The number of rotatable bonds is 2. The Morgan fingerprint density at radius 3 is 2.94 bits per heavy atom. The van der Waals surface area contributed by atoms with Gasteiger partial charge >= 0.3 is 5.97 Å². The lowest BCUT2D eigenvalue weighted by atomic mass is 10.1. The second-order valence-electron chi connectivity index (χ2n) is 5.10. The fourth-order valence-corrected chi connectivity index (χ4v) is 3.78. The molecule has 2 saturated heterocycles. The van der Waals surface area contributed by atoms with Crippen LogP contribution in [0.5, 0.6) is 0 Å². The van der Waals surface area contributed by atoms with Crippen molar-refractivity contribution in [3.63, 3.8) is 0 Å². The van der Waals surface area contributed by atoms with Crippen molar-refractivity contribution in [2.45, 2.75) is 31.3 Å². The van der Waals surface area contributed by atoms with Crippen LogP contribution in [0.1, 0.15) is 28.9 Å². The van der Waals surface area contributed by atoms with Crippen LogP contribution in [0.15, 0.2) is 6.20 Å². The predicted octanol–water partition coefficient (Wildman–Crippen LogP) is 1.51. The van der Waals surface area contributed by atoms with Gasteiger partial charge in [0.15, 0.2) is 5.13 Å². The maximum atomic E-state index is 10.9. The van der Waals surface area contributed by atoms with Crippen LogP contribution >= 0.6 is 11.3 Å². The van der Waals surface area contributed by atoms with Crippen LogP contribution in [0.3, 0.4) is 0 Å². The number of aromatic carboxylic acids is 1. The summed E-state index contributed by atoms with van der Waals surface area (Å²) in [5, 5.41) is 9.80. The minimum absolute atomic E-state index is 0.327. The zero-order valence-corrected chi connectivity index (χ0v) is 11.2. The van der Waals surface area contributed by atoms with Crippen LogP contribution in [0.2, 0.25) is 0 Å². The van der Waals surface area contributed by atoms with Crippen LogP contribution in [0, 0.1) is 0 Å². The van der Waals surface area contributed by atoms with E-state index in [1.165, 1.54) is 30.4 Å². The van der Waals surface area contributed by atoms with Crippen molar-refractivity contribution in [1.29, 1.82) is 0 Å². The summed E-state index contributed by atoms with van der Waals surface area (Å²) in [5.74, 6) is -0.882. The summed E-state index contributed by atoms with van der Waals surface area (Å²) in [6.45, 7) is 1.96. The molecule has 1 aromatic rings. The van der Waals surface area contributed by atoms with Gasteiger partial charge in [-0.3, -0.25) is 4.90 Å². The Morgan fingerprint density at radius 1 is 1.44 bits per heavy atom. The lowest BCUT2D eigenvalue weighted by Gasteiger charge is -2.25. The van der Waals surface area contributed by atoms with Gasteiger partial charge in [0.25, 0.3) is 0 Å². The SMILES string of the molecule is CN1C2CCC1CN(c1ncc(C(=O)O)s1)CC2. The van der Waals surface area contributed by atoms with Crippen LogP contribution < -0.4 is 4.90 Å². The Balaban J connectivity index is 1.78. The van der Waals surface area contributed by atoms with E-state index < -0.39 is 5.97 Å². The molecule has 1 N–H and O–H groups in total. The number of anilines is 1. The highest BCUT2D eigenvalue weighted by molar-refractivity contribution is 7.17. The molecule has 0 saturated carbocycles. The Bertz CT molecular complexity index is 462. The molecule has 2 aliphatic heterocycles. The van der Waals surface area contributed by atoms with Crippen molar-refractivity contribution in [2.24, 2.45) is 0 Å². The molecular weight excluding hydrogens is 250 g/mol. The maximum Gasteiger partial charge on any atom is 0.347 e. The summed E-state index contributed by atoms with van der Waals surface area (Å²) in [6.07, 6.45) is 5.16. The van der Waals surface area contributed by atoms with Gasteiger partial charge in [0.2, 0.25) is 0 Å². The first kappa shape index (κ1) is 11.9. The van der Waals surface area contributed by atoms with Crippen molar-refractivity contribution < 1.29 is 9.90 Å². The number of aromatic nitrogens is 1. The normalized spacial score (nSPS) is 28.4. The maximum absolute atomic E-state index is 10.9. The van der Waals surface area contributed by atoms with E-state index in [2.05, 4.69) is 21.8 Å². The Hall–Kier alpha value is -1.14. The molecule has 2 bridgehead atoms. The fourth-order valence-electron chi connectivity index (χ4n) is 2.99. The average molecular weight is 267 g/mol. The van der Waals surface area contributed by atoms with Crippen molar-refractivity contribution in [3.05, 3.63) is 11.1 Å². The highest BCUT2D eigenvalue weighted by Gasteiger charge is 2.35. The van der Waals surface area contributed by atoms with Gasteiger partial charge in [0, 0.05) is 25.2 Å². The molecular formula is C12H17N3O2S. The van der Waals surface area contributed by atoms with Crippen LogP contribution in [-0.2, 0) is 0 Å². The van der Waals surface area contributed by atoms with Gasteiger partial charge in [0.1, 0.15) is 4.88 Å². The molecule has 0 aliphatic carbocycles. The van der Waals surface area contributed by atoms with Gasteiger partial charge < -0.3 is 10.0 Å². The quantitative estimate of drug-likeness (QED) is 0.880. The summed E-state index contributed by atoms with van der Waals surface area (Å²) < 4.78 is 0. The summed E-state index contributed by atoms with van der Waals surface area (Å²) in [7, 11) is 2.20. The number of likely N-dealkylation sites (N-methyl/N-ethyl adjacent to an activating group) is 1. The van der Waals surface area contributed by atoms with Gasteiger partial charge in [-0.2, -0.15) is 0 Å². The molecule has 6 heteroatoms. The Kier molecular flexibility index (Phi) is 2.99. The topological polar surface area (TPSA) is 56.7 Å². The number of thiazole rings is 1. The molecule has 18 heavy (non-hydrogen) atoms. The van der Waals surface area contributed by atoms with E-state index in [-0.39, 0.29) is 0 Å². The fraction of sp³-hybridized carbons (Fsp3) is 0.667. The first-order chi connectivity index (χ1) is 8.65. The molecule has 0 spiro atoms. The first-order valence-electron chi connectivity index (χ1n) is 6.31. The third-order valence-corrected chi connectivity index (χ3v) is 5.17. The van der Waals surface area contributed by atoms with Gasteiger partial charge in [-0.05, 0) is 26.3 Å². The van der Waals surface area contributed by atoms with Gasteiger partial charge in [-0.25, -0.2) is 9.78 Å². The van der Waals surface area contributed by atoms with Crippen molar-refractivity contribution >= 4 is 22.4 Å². The van der Waals surface area contributed by atoms with E-state index in [4.69, 9.17) is 5.11 Å². The Morgan fingerprint density at radius 2 is 2.22 bits per heavy atom. The van der Waals surface area contributed by atoms with E-state index in [0.717, 1.165) is 24.6 Å². The molecule has 3 heterocycles. The average Bonchev–Trinajstić information content (AvgIpc) is 2.86. The van der Waals surface area contributed by atoms with Crippen LogP contribution in [-0.4, -0.2) is 53.2 Å². The number of fused-ring (bicyclic) bond motifs is 2. The zero-order valence-electron chi connectivity index (χ0n) is 10.4. The molecule has 0 amide bonds. The molecule has 5 nitrogen and oxygen atoms in total. The van der Waals surface area contributed by atoms with E-state index in [1.807, 2.05) is 0 Å². The van der Waals surface area contributed by atoms with Crippen molar-refractivity contribution in [3.8, 4) is 0 Å². The molecule has 98 valence electrons. The van der Waals surface area contributed by atoms with Gasteiger partial charge in [0.05, 0.1) is 6.20 Å². The molecule has 0 aromatic carbocycles. The van der Waals surface area contributed by atoms with Crippen LogP contribution in [0.25, 0.3) is 0 Å².